The highest BCUT2D eigenvalue weighted by Gasteiger charge is 2.33. The Hall–Kier alpha value is -4.25. The minimum absolute atomic E-state index is 0.165. The van der Waals surface area contributed by atoms with Gasteiger partial charge in [0.15, 0.2) is 16.3 Å². The highest BCUT2D eigenvalue weighted by molar-refractivity contribution is 7.07. The number of carbonyl (C=O) groups excluding carboxylic acids is 1. The van der Waals surface area contributed by atoms with E-state index in [-0.39, 0.29) is 32.9 Å². The molecule has 0 radical (unpaired) electrons. The van der Waals surface area contributed by atoms with E-state index in [0.717, 1.165) is 11.3 Å². The Balaban J connectivity index is 2.00. The molecule has 0 saturated carbocycles. The number of ether oxygens (including phenoxy) is 3. The molecule has 0 saturated heterocycles. The minimum Gasteiger partial charge on any atom is -0.493 e. The van der Waals surface area contributed by atoms with Crippen LogP contribution in [0.1, 0.15) is 24.1 Å². The molecule has 0 bridgehead atoms. The van der Waals surface area contributed by atoms with Crippen molar-refractivity contribution in [3.8, 4) is 11.5 Å². The van der Waals surface area contributed by atoms with Crippen LogP contribution in [0, 0.1) is 10.1 Å². The smallest absolute Gasteiger partial charge is 0.338 e. The second kappa shape index (κ2) is 9.55. The summed E-state index contributed by atoms with van der Waals surface area (Å²) >= 11 is 1.07. The number of benzene rings is 2. The maximum atomic E-state index is 13.6. The van der Waals surface area contributed by atoms with E-state index in [1.165, 1.54) is 44.1 Å². The van der Waals surface area contributed by atoms with Gasteiger partial charge in [-0.25, -0.2) is 9.79 Å². The Kier molecular flexibility index (Phi) is 6.52. The average Bonchev–Trinajstić information content (AvgIpc) is 3.16. The molecule has 1 atom stereocenters. The van der Waals surface area contributed by atoms with E-state index in [1.807, 2.05) is 30.3 Å². The Morgan fingerprint density at radius 1 is 1.14 bits per heavy atom. The predicted octanol–water partition coefficient (Wildman–Crippen LogP) is 2.33. The number of carbonyl (C=O) groups is 1. The minimum atomic E-state index is -0.762. The van der Waals surface area contributed by atoms with Crippen LogP contribution in [0.15, 0.2) is 63.5 Å². The quantitative estimate of drug-likeness (QED) is 0.292. The van der Waals surface area contributed by atoms with Crippen LogP contribution in [0.5, 0.6) is 11.5 Å². The third-order valence-corrected chi connectivity index (χ3v) is 6.54. The number of methoxy groups -OCH3 is 3. The second-order valence-electron chi connectivity index (χ2n) is 7.51. The maximum Gasteiger partial charge on any atom is 0.338 e. The summed E-state index contributed by atoms with van der Waals surface area (Å²) < 4.78 is 17.1. The molecule has 0 fully saturated rings. The molecule has 1 aliphatic heterocycles. The molecule has 180 valence electrons. The molecule has 35 heavy (non-hydrogen) atoms. The highest BCUT2D eigenvalue weighted by atomic mass is 32.1. The van der Waals surface area contributed by atoms with Crippen molar-refractivity contribution in [3.63, 3.8) is 0 Å². The van der Waals surface area contributed by atoms with Crippen LogP contribution in [0.25, 0.3) is 6.08 Å². The van der Waals surface area contributed by atoms with Gasteiger partial charge in [-0.1, -0.05) is 41.7 Å². The summed E-state index contributed by atoms with van der Waals surface area (Å²) in [5, 5.41) is 11.7. The van der Waals surface area contributed by atoms with E-state index in [9.17, 15) is 19.7 Å². The summed E-state index contributed by atoms with van der Waals surface area (Å²) in [7, 11) is 4.06. The molecule has 2 heterocycles. The zero-order valence-corrected chi connectivity index (χ0v) is 20.1. The summed E-state index contributed by atoms with van der Waals surface area (Å²) in [6.45, 7) is 1.68. The fraction of sp³-hybridized carbons (Fsp3) is 0.208. The lowest BCUT2D eigenvalue weighted by Gasteiger charge is -2.24. The van der Waals surface area contributed by atoms with Crippen molar-refractivity contribution in [2.75, 3.05) is 21.3 Å². The summed E-state index contributed by atoms with van der Waals surface area (Å²) in [5.41, 5.74) is 0.843. The number of allylic oxidation sites excluding steroid dienone is 1. The predicted molar refractivity (Wildman–Crippen MR) is 128 cm³/mol. The molecule has 2 aromatic carbocycles. The second-order valence-corrected chi connectivity index (χ2v) is 8.52. The zero-order valence-electron chi connectivity index (χ0n) is 19.3. The molecule has 0 amide bonds. The molecule has 0 N–H and O–H groups in total. The molecular weight excluding hydrogens is 474 g/mol. The van der Waals surface area contributed by atoms with E-state index in [4.69, 9.17) is 14.2 Å². The van der Waals surface area contributed by atoms with Gasteiger partial charge in [0, 0.05) is 0 Å². The van der Waals surface area contributed by atoms with E-state index in [0.29, 0.717) is 16.1 Å². The van der Waals surface area contributed by atoms with Gasteiger partial charge < -0.3 is 14.2 Å². The molecule has 1 aliphatic rings. The monoisotopic (exact) mass is 495 g/mol. The molecule has 0 spiro atoms. The standard InChI is InChI=1S/C24H21N3O7S/c1-13-20(23(29)34-4)21(14-8-6-5-7-9-14)26-22(28)19(35-24(26)25-13)11-15-10-17(32-2)18(33-3)12-16(15)27(30)31/h5-12,21H,1-4H3/b19-11-/t21-/m1/s1. The molecule has 4 rings (SSSR count). The summed E-state index contributed by atoms with van der Waals surface area (Å²) in [6.07, 6.45) is 1.42. The van der Waals surface area contributed by atoms with Crippen LogP contribution < -0.4 is 24.4 Å². The number of hydrogen-bond acceptors (Lipinski definition) is 9. The van der Waals surface area contributed by atoms with Crippen LogP contribution in [-0.4, -0.2) is 36.8 Å². The van der Waals surface area contributed by atoms with Gasteiger partial charge in [0.05, 0.1) is 59.7 Å². The zero-order chi connectivity index (χ0) is 25.3. The first kappa shape index (κ1) is 23.9. The number of thiazole rings is 1. The van der Waals surface area contributed by atoms with E-state index in [1.54, 1.807) is 6.92 Å². The molecule has 0 unspecified atom stereocenters. The van der Waals surface area contributed by atoms with Crippen LogP contribution in [0.3, 0.4) is 0 Å². The number of esters is 1. The summed E-state index contributed by atoms with van der Waals surface area (Å²) in [5.74, 6) is -0.117. The molecule has 1 aromatic heterocycles. The van der Waals surface area contributed by atoms with Gasteiger partial charge in [-0.2, -0.15) is 0 Å². The lowest BCUT2D eigenvalue weighted by atomic mass is 9.96. The topological polar surface area (TPSA) is 122 Å². The van der Waals surface area contributed by atoms with Crippen LogP contribution in [0.2, 0.25) is 0 Å². The number of rotatable bonds is 6. The van der Waals surface area contributed by atoms with E-state index < -0.39 is 22.5 Å². The molecule has 3 aromatic rings. The Morgan fingerprint density at radius 2 is 1.80 bits per heavy atom. The van der Waals surface area contributed by atoms with Crippen LogP contribution in [-0.2, 0) is 9.53 Å². The number of nitro groups is 1. The van der Waals surface area contributed by atoms with Gasteiger partial charge in [-0.15, -0.1) is 0 Å². The summed E-state index contributed by atoms with van der Waals surface area (Å²) in [6, 6.07) is 11.0. The van der Waals surface area contributed by atoms with Gasteiger partial charge in [-0.3, -0.25) is 19.5 Å². The molecule has 10 nitrogen and oxygen atoms in total. The van der Waals surface area contributed by atoms with Crippen molar-refractivity contribution in [2.24, 2.45) is 4.99 Å². The van der Waals surface area contributed by atoms with E-state index >= 15 is 0 Å². The van der Waals surface area contributed by atoms with Gasteiger partial charge in [0.25, 0.3) is 11.2 Å². The fourth-order valence-electron chi connectivity index (χ4n) is 3.94. The largest absolute Gasteiger partial charge is 0.493 e. The van der Waals surface area contributed by atoms with E-state index in [2.05, 4.69) is 4.99 Å². The Labute approximate surface area is 203 Å². The first-order valence-corrected chi connectivity index (χ1v) is 11.2. The number of fused-ring (bicyclic) bond motifs is 1. The third kappa shape index (κ3) is 4.21. The van der Waals surface area contributed by atoms with Gasteiger partial charge >= 0.3 is 5.97 Å². The first-order valence-electron chi connectivity index (χ1n) is 10.4. The number of hydrogen-bond donors (Lipinski definition) is 0. The van der Waals surface area contributed by atoms with Crippen molar-refractivity contribution >= 4 is 29.1 Å². The number of nitro benzene ring substituents is 1. The highest BCUT2D eigenvalue weighted by Crippen LogP contribution is 2.35. The van der Waals surface area contributed by atoms with Crippen LogP contribution >= 0.6 is 11.3 Å². The van der Waals surface area contributed by atoms with Crippen molar-refractivity contribution in [1.29, 1.82) is 0 Å². The van der Waals surface area contributed by atoms with Crippen LogP contribution in [0.4, 0.5) is 5.69 Å². The Bertz CT molecular complexity index is 1540. The van der Waals surface area contributed by atoms with Crippen molar-refractivity contribution in [3.05, 3.63) is 94.7 Å². The number of nitrogens with zero attached hydrogens (tertiary/aromatic N) is 3. The van der Waals surface area contributed by atoms with Crippen molar-refractivity contribution in [1.82, 2.24) is 4.57 Å². The SMILES string of the molecule is COC(=O)C1=C(C)N=c2s/c(=C\c3cc(OC)c(OC)cc3[N+](=O)[O-])c(=O)n2[C@@H]1c1ccccc1. The third-order valence-electron chi connectivity index (χ3n) is 5.56. The summed E-state index contributed by atoms with van der Waals surface area (Å²) in [4.78, 5) is 42.3. The van der Waals surface area contributed by atoms with Crippen molar-refractivity contribution in [2.45, 2.75) is 13.0 Å². The number of aromatic nitrogens is 1. The van der Waals surface area contributed by atoms with Gasteiger partial charge in [0.1, 0.15) is 0 Å². The Morgan fingerprint density at radius 3 is 2.40 bits per heavy atom. The molecule has 11 heteroatoms. The van der Waals surface area contributed by atoms with Gasteiger partial charge in [-0.05, 0) is 24.6 Å². The lowest BCUT2D eigenvalue weighted by Crippen LogP contribution is -2.39. The normalized spacial score (nSPS) is 15.3. The lowest BCUT2D eigenvalue weighted by molar-refractivity contribution is -0.385. The molecular formula is C24H21N3O7S. The molecule has 0 aliphatic carbocycles. The van der Waals surface area contributed by atoms with Crippen molar-refractivity contribution < 1.29 is 23.9 Å². The fourth-order valence-corrected chi connectivity index (χ4v) is 4.98. The van der Waals surface area contributed by atoms with Gasteiger partial charge in [0.2, 0.25) is 0 Å². The average molecular weight is 496 g/mol. The first-order chi connectivity index (χ1) is 16.8. The maximum absolute atomic E-state index is 13.6.